The average molecular weight is 352 g/mol. The minimum absolute atomic E-state index is 0.0426. The highest BCUT2D eigenvalue weighted by molar-refractivity contribution is 7.91. The highest BCUT2D eigenvalue weighted by Gasteiger charge is 2.30. The Hall–Kier alpha value is -0.630. The van der Waals surface area contributed by atoms with Crippen LogP contribution in [0.25, 0.3) is 0 Å². The Morgan fingerprint density at radius 1 is 1.14 bits per heavy atom. The molecule has 118 valence electrons. The van der Waals surface area contributed by atoms with Crippen LogP contribution in [0.5, 0.6) is 0 Å². The summed E-state index contributed by atoms with van der Waals surface area (Å²) in [5.74, 6) is 0.495. The van der Waals surface area contributed by atoms with Crippen LogP contribution in [0.4, 0.5) is 0 Å². The van der Waals surface area contributed by atoms with E-state index in [-0.39, 0.29) is 14.8 Å². The van der Waals surface area contributed by atoms with E-state index in [1.165, 1.54) is 16.4 Å². The molecule has 0 aromatic heterocycles. The smallest absolute Gasteiger partial charge is 0.224 e. The van der Waals surface area contributed by atoms with Crippen LogP contribution in [-0.2, 0) is 19.9 Å². The van der Waals surface area contributed by atoms with Crippen LogP contribution in [0, 0.1) is 5.92 Å². The molecule has 8 heteroatoms. The second-order valence-corrected chi connectivity index (χ2v) is 9.78. The quantitative estimate of drug-likeness (QED) is 0.836. The number of hydrogen-bond acceptors (Lipinski definition) is 4. The summed E-state index contributed by atoms with van der Waals surface area (Å²) in [6.45, 7) is 2.95. The highest BCUT2D eigenvalue weighted by atomic mass is 35.5. The Bertz CT molecular complexity index is 735. The molecule has 0 radical (unpaired) electrons. The van der Waals surface area contributed by atoms with Crippen molar-refractivity contribution < 1.29 is 16.8 Å². The van der Waals surface area contributed by atoms with Crippen molar-refractivity contribution in [1.29, 1.82) is 0 Å². The Kier molecular flexibility index (Phi) is 4.68. The van der Waals surface area contributed by atoms with Crippen molar-refractivity contribution in [1.82, 2.24) is 4.31 Å². The van der Waals surface area contributed by atoms with E-state index in [1.54, 1.807) is 0 Å². The van der Waals surface area contributed by atoms with E-state index in [1.807, 2.05) is 0 Å². The van der Waals surface area contributed by atoms with Crippen molar-refractivity contribution in [3.05, 3.63) is 23.2 Å². The van der Waals surface area contributed by atoms with Gasteiger partial charge in [-0.3, -0.25) is 0 Å². The van der Waals surface area contributed by atoms with Gasteiger partial charge in [0.1, 0.15) is 4.90 Å². The zero-order valence-electron chi connectivity index (χ0n) is 11.9. The van der Waals surface area contributed by atoms with Crippen molar-refractivity contribution in [2.45, 2.75) is 29.6 Å². The van der Waals surface area contributed by atoms with Crippen LogP contribution in [0.2, 0.25) is 5.02 Å². The second kappa shape index (κ2) is 5.87. The Balaban J connectivity index is 2.45. The number of rotatable bonds is 3. The molecular weight excluding hydrogens is 334 g/mol. The molecule has 0 N–H and O–H groups in total. The zero-order chi connectivity index (χ0) is 15.8. The Labute approximate surface area is 130 Å². The molecule has 1 aliphatic heterocycles. The third kappa shape index (κ3) is 3.59. The molecule has 0 amide bonds. The molecule has 1 fully saturated rings. The van der Waals surface area contributed by atoms with Crippen molar-refractivity contribution in [3.63, 3.8) is 0 Å². The molecule has 1 aromatic carbocycles. The van der Waals surface area contributed by atoms with Crippen LogP contribution in [0.1, 0.15) is 19.8 Å². The third-order valence-corrected chi connectivity index (χ3v) is 7.18. The first kappa shape index (κ1) is 16.7. The van der Waals surface area contributed by atoms with Gasteiger partial charge in [0.15, 0.2) is 9.84 Å². The first-order valence-electron chi connectivity index (χ1n) is 6.62. The van der Waals surface area contributed by atoms with Gasteiger partial charge in [-0.25, -0.2) is 16.8 Å². The van der Waals surface area contributed by atoms with Gasteiger partial charge in [-0.15, -0.1) is 0 Å². The molecule has 0 spiro atoms. The van der Waals surface area contributed by atoms with Crippen LogP contribution in [0.15, 0.2) is 28.0 Å². The number of halogens is 1. The molecule has 0 atom stereocenters. The maximum Gasteiger partial charge on any atom is 0.244 e. The van der Waals surface area contributed by atoms with Gasteiger partial charge in [-0.05, 0) is 37.0 Å². The van der Waals surface area contributed by atoms with Crippen LogP contribution < -0.4 is 0 Å². The lowest BCUT2D eigenvalue weighted by molar-refractivity contribution is 0.288. The molecule has 0 bridgehead atoms. The summed E-state index contributed by atoms with van der Waals surface area (Å²) in [7, 11) is -7.25. The minimum Gasteiger partial charge on any atom is -0.224 e. The van der Waals surface area contributed by atoms with Gasteiger partial charge in [0, 0.05) is 19.3 Å². The maximum atomic E-state index is 12.6. The van der Waals surface area contributed by atoms with Gasteiger partial charge < -0.3 is 0 Å². The van der Waals surface area contributed by atoms with Gasteiger partial charge in [-0.1, -0.05) is 18.5 Å². The molecule has 2 rings (SSSR count). The molecule has 5 nitrogen and oxygen atoms in total. The predicted octanol–water partition coefficient (Wildman–Crippen LogP) is 2.16. The van der Waals surface area contributed by atoms with Gasteiger partial charge >= 0.3 is 0 Å². The van der Waals surface area contributed by atoms with Gasteiger partial charge in [0.05, 0.1) is 9.92 Å². The van der Waals surface area contributed by atoms with Crippen LogP contribution in [-0.4, -0.2) is 40.5 Å². The lowest BCUT2D eigenvalue weighted by Crippen LogP contribution is -2.38. The van der Waals surface area contributed by atoms with Crippen LogP contribution >= 0.6 is 11.6 Å². The summed E-state index contributed by atoms with van der Waals surface area (Å²) in [5.41, 5.74) is 0. The van der Waals surface area contributed by atoms with Crippen LogP contribution in [0.3, 0.4) is 0 Å². The summed E-state index contributed by atoms with van der Waals surface area (Å²) in [5, 5.41) is 0.0426. The molecule has 1 heterocycles. The zero-order valence-corrected chi connectivity index (χ0v) is 14.3. The Morgan fingerprint density at radius 3 is 2.24 bits per heavy atom. The summed E-state index contributed by atoms with van der Waals surface area (Å²) in [4.78, 5) is -0.183. The summed E-state index contributed by atoms with van der Waals surface area (Å²) in [6, 6.07) is 3.78. The lowest BCUT2D eigenvalue weighted by Gasteiger charge is -2.29. The SMILES string of the molecule is CC1CCN(S(=O)(=O)c2cc(S(C)(=O)=O)ccc2Cl)CC1. The summed E-state index contributed by atoms with van der Waals surface area (Å²) in [6.07, 6.45) is 2.63. The van der Waals surface area contributed by atoms with E-state index < -0.39 is 19.9 Å². The molecule has 1 aromatic rings. The number of piperidine rings is 1. The van der Waals surface area contributed by atoms with Crippen molar-refractivity contribution in [3.8, 4) is 0 Å². The standard InChI is InChI=1S/C13H18ClNO4S2/c1-10-5-7-15(8-6-10)21(18,19)13-9-11(20(2,16)17)3-4-12(13)14/h3-4,9-10H,5-8H2,1-2H3. The number of benzene rings is 1. The lowest BCUT2D eigenvalue weighted by atomic mass is 10.0. The second-order valence-electron chi connectivity index (χ2n) is 5.45. The number of sulfone groups is 1. The van der Waals surface area contributed by atoms with Crippen molar-refractivity contribution >= 4 is 31.5 Å². The average Bonchev–Trinajstić information content (AvgIpc) is 2.38. The van der Waals surface area contributed by atoms with E-state index >= 15 is 0 Å². The van der Waals surface area contributed by atoms with Gasteiger partial charge in [-0.2, -0.15) is 4.31 Å². The van der Waals surface area contributed by atoms with E-state index in [2.05, 4.69) is 6.92 Å². The fourth-order valence-electron chi connectivity index (χ4n) is 2.28. The molecule has 0 aliphatic carbocycles. The van der Waals surface area contributed by atoms with E-state index in [0.29, 0.717) is 19.0 Å². The van der Waals surface area contributed by atoms with Crippen molar-refractivity contribution in [2.24, 2.45) is 5.92 Å². The first-order chi connectivity index (χ1) is 9.62. The Morgan fingerprint density at radius 2 is 1.71 bits per heavy atom. The summed E-state index contributed by atoms with van der Waals surface area (Å²) >= 11 is 5.98. The molecule has 0 saturated carbocycles. The first-order valence-corrected chi connectivity index (χ1v) is 10.3. The van der Waals surface area contributed by atoms with E-state index in [9.17, 15) is 16.8 Å². The fraction of sp³-hybridized carbons (Fsp3) is 0.538. The van der Waals surface area contributed by atoms with Gasteiger partial charge in [0.25, 0.3) is 0 Å². The monoisotopic (exact) mass is 351 g/mol. The fourth-order valence-corrected chi connectivity index (χ4v) is 4.97. The maximum absolute atomic E-state index is 12.6. The largest absolute Gasteiger partial charge is 0.244 e. The molecule has 0 unspecified atom stereocenters. The van der Waals surface area contributed by atoms with E-state index in [0.717, 1.165) is 25.2 Å². The molecule has 1 aliphatic rings. The predicted molar refractivity (Wildman–Crippen MR) is 81.7 cm³/mol. The number of hydrogen-bond donors (Lipinski definition) is 0. The van der Waals surface area contributed by atoms with Crippen molar-refractivity contribution in [2.75, 3.05) is 19.3 Å². The topological polar surface area (TPSA) is 71.5 Å². The number of nitrogens with zero attached hydrogens (tertiary/aromatic N) is 1. The third-order valence-electron chi connectivity index (χ3n) is 3.69. The van der Waals surface area contributed by atoms with Gasteiger partial charge in [0.2, 0.25) is 10.0 Å². The highest BCUT2D eigenvalue weighted by Crippen LogP contribution is 2.30. The number of sulfonamides is 1. The normalized spacial score (nSPS) is 18.8. The molecule has 21 heavy (non-hydrogen) atoms. The van der Waals surface area contributed by atoms with E-state index in [4.69, 9.17) is 11.6 Å². The summed E-state index contributed by atoms with van der Waals surface area (Å²) < 4.78 is 49.8. The minimum atomic E-state index is -3.76. The molecule has 1 saturated heterocycles. The molecular formula is C13H18ClNO4S2.